The SMILES string of the molecule is Cc1cc(C)c(NC(=O)C2CCCN(S(C)(=O)=O)C2)c(Cl)c1. The third-order valence-electron chi connectivity index (χ3n) is 3.90. The lowest BCUT2D eigenvalue weighted by atomic mass is 9.98. The lowest BCUT2D eigenvalue weighted by molar-refractivity contribution is -0.120. The lowest BCUT2D eigenvalue weighted by Crippen LogP contribution is -2.43. The summed E-state index contributed by atoms with van der Waals surface area (Å²) in [5.74, 6) is -0.526. The Kier molecular flexibility index (Phi) is 5.14. The van der Waals surface area contributed by atoms with Gasteiger partial charge >= 0.3 is 0 Å². The molecule has 0 aromatic heterocycles. The molecule has 2 rings (SSSR count). The summed E-state index contributed by atoms with van der Waals surface area (Å²) in [4.78, 5) is 12.4. The minimum Gasteiger partial charge on any atom is -0.324 e. The highest BCUT2D eigenvalue weighted by molar-refractivity contribution is 7.88. The fourth-order valence-electron chi connectivity index (χ4n) is 2.76. The smallest absolute Gasteiger partial charge is 0.228 e. The molecule has 1 aromatic carbocycles. The largest absolute Gasteiger partial charge is 0.324 e. The molecule has 1 amide bonds. The summed E-state index contributed by atoms with van der Waals surface area (Å²) in [6, 6.07) is 3.75. The summed E-state index contributed by atoms with van der Waals surface area (Å²) < 4.78 is 24.6. The molecule has 1 unspecified atom stereocenters. The summed E-state index contributed by atoms with van der Waals surface area (Å²) in [6.45, 7) is 4.54. The molecule has 0 aliphatic carbocycles. The third kappa shape index (κ3) is 4.00. The van der Waals surface area contributed by atoms with Gasteiger partial charge in [0.1, 0.15) is 0 Å². The second-order valence-electron chi connectivity index (χ2n) is 5.89. The van der Waals surface area contributed by atoms with E-state index in [1.807, 2.05) is 19.9 Å². The number of amides is 1. The topological polar surface area (TPSA) is 66.5 Å². The van der Waals surface area contributed by atoms with Crippen molar-refractivity contribution < 1.29 is 13.2 Å². The highest BCUT2D eigenvalue weighted by Gasteiger charge is 2.30. The van der Waals surface area contributed by atoms with Crippen LogP contribution in [0.3, 0.4) is 0 Å². The highest BCUT2D eigenvalue weighted by Crippen LogP contribution is 2.29. The van der Waals surface area contributed by atoms with Crippen molar-refractivity contribution in [1.29, 1.82) is 0 Å². The molecule has 0 bridgehead atoms. The van der Waals surface area contributed by atoms with Crippen molar-refractivity contribution in [3.8, 4) is 0 Å². The van der Waals surface area contributed by atoms with Gasteiger partial charge in [0, 0.05) is 13.1 Å². The first-order valence-corrected chi connectivity index (χ1v) is 9.44. The Bertz CT molecular complexity index is 665. The van der Waals surface area contributed by atoms with E-state index in [1.54, 1.807) is 6.07 Å². The number of hydrogen-bond donors (Lipinski definition) is 1. The molecule has 0 saturated carbocycles. The average molecular weight is 345 g/mol. The zero-order chi connectivity index (χ0) is 16.5. The van der Waals surface area contributed by atoms with Crippen LogP contribution in [-0.2, 0) is 14.8 Å². The van der Waals surface area contributed by atoms with Crippen LogP contribution < -0.4 is 5.32 Å². The van der Waals surface area contributed by atoms with Crippen molar-refractivity contribution in [2.75, 3.05) is 24.7 Å². The van der Waals surface area contributed by atoms with Crippen LogP contribution in [0.4, 0.5) is 5.69 Å². The number of benzene rings is 1. The first kappa shape index (κ1) is 17.2. The minimum absolute atomic E-state index is 0.179. The number of carbonyl (C=O) groups is 1. The molecule has 1 aliphatic rings. The molecule has 1 fully saturated rings. The summed E-state index contributed by atoms with van der Waals surface area (Å²) in [6.07, 6.45) is 2.54. The van der Waals surface area contributed by atoms with Crippen LogP contribution in [0.25, 0.3) is 0 Å². The van der Waals surface area contributed by atoms with Gasteiger partial charge in [0.05, 0.1) is 22.9 Å². The summed E-state index contributed by atoms with van der Waals surface area (Å²) in [5.41, 5.74) is 2.53. The van der Waals surface area contributed by atoms with Gasteiger partial charge in [-0.3, -0.25) is 4.79 Å². The first-order chi connectivity index (χ1) is 10.2. The Morgan fingerprint density at radius 1 is 1.36 bits per heavy atom. The standard InChI is InChI=1S/C15H21ClN2O3S/c1-10-7-11(2)14(13(16)8-10)17-15(19)12-5-4-6-18(9-12)22(3,20)21/h7-8,12H,4-6,9H2,1-3H3,(H,17,19). The van der Waals surface area contributed by atoms with Crippen LogP contribution in [-0.4, -0.2) is 38.0 Å². The molecule has 1 aromatic rings. The maximum Gasteiger partial charge on any atom is 0.228 e. The second kappa shape index (κ2) is 6.56. The minimum atomic E-state index is -3.26. The van der Waals surface area contributed by atoms with Gasteiger partial charge in [-0.2, -0.15) is 0 Å². The van der Waals surface area contributed by atoms with E-state index < -0.39 is 10.0 Å². The molecular weight excluding hydrogens is 324 g/mol. The van der Waals surface area contributed by atoms with E-state index in [9.17, 15) is 13.2 Å². The van der Waals surface area contributed by atoms with E-state index in [0.29, 0.717) is 30.1 Å². The van der Waals surface area contributed by atoms with Crippen LogP contribution in [0.5, 0.6) is 0 Å². The molecule has 1 heterocycles. The molecule has 122 valence electrons. The van der Waals surface area contributed by atoms with E-state index in [0.717, 1.165) is 11.1 Å². The van der Waals surface area contributed by atoms with Gasteiger partial charge in [0.2, 0.25) is 15.9 Å². The van der Waals surface area contributed by atoms with Crippen LogP contribution in [0.1, 0.15) is 24.0 Å². The Morgan fingerprint density at radius 3 is 2.64 bits per heavy atom. The van der Waals surface area contributed by atoms with Crippen LogP contribution >= 0.6 is 11.6 Å². The van der Waals surface area contributed by atoms with Crippen molar-refractivity contribution in [2.24, 2.45) is 5.92 Å². The van der Waals surface area contributed by atoms with Gasteiger partial charge < -0.3 is 5.32 Å². The van der Waals surface area contributed by atoms with Gasteiger partial charge in [0.15, 0.2) is 0 Å². The molecule has 1 aliphatic heterocycles. The lowest BCUT2D eigenvalue weighted by Gasteiger charge is -2.30. The predicted octanol–water partition coefficient (Wildman–Crippen LogP) is 2.57. The number of carbonyl (C=O) groups excluding carboxylic acids is 1. The van der Waals surface area contributed by atoms with Crippen molar-refractivity contribution in [3.05, 3.63) is 28.3 Å². The third-order valence-corrected chi connectivity index (χ3v) is 5.47. The second-order valence-corrected chi connectivity index (χ2v) is 8.28. The van der Waals surface area contributed by atoms with Crippen LogP contribution in [0.2, 0.25) is 5.02 Å². The average Bonchev–Trinajstić information content (AvgIpc) is 2.41. The Balaban J connectivity index is 2.13. The van der Waals surface area contributed by atoms with Gasteiger partial charge in [-0.15, -0.1) is 0 Å². The van der Waals surface area contributed by atoms with E-state index in [2.05, 4.69) is 5.32 Å². The summed E-state index contributed by atoms with van der Waals surface area (Å²) in [5, 5.41) is 3.36. The van der Waals surface area contributed by atoms with Gasteiger partial charge in [0.25, 0.3) is 0 Å². The molecular formula is C15H21ClN2O3S. The molecule has 22 heavy (non-hydrogen) atoms. The molecule has 0 spiro atoms. The normalized spacial score (nSPS) is 19.9. The number of hydrogen-bond acceptors (Lipinski definition) is 3. The number of aryl methyl sites for hydroxylation is 2. The van der Waals surface area contributed by atoms with E-state index in [-0.39, 0.29) is 18.4 Å². The molecule has 1 saturated heterocycles. The van der Waals surface area contributed by atoms with Crippen LogP contribution in [0, 0.1) is 19.8 Å². The molecule has 1 N–H and O–H groups in total. The number of piperidine rings is 1. The quantitative estimate of drug-likeness (QED) is 0.916. The van der Waals surface area contributed by atoms with Crippen molar-refractivity contribution in [2.45, 2.75) is 26.7 Å². The number of nitrogens with one attached hydrogen (secondary N) is 1. The molecule has 7 heteroatoms. The summed E-state index contributed by atoms with van der Waals surface area (Å²) in [7, 11) is -3.26. The number of anilines is 1. The van der Waals surface area contributed by atoms with E-state index >= 15 is 0 Å². The van der Waals surface area contributed by atoms with Crippen LogP contribution in [0.15, 0.2) is 12.1 Å². The number of sulfonamides is 1. The van der Waals surface area contributed by atoms with Crippen molar-refractivity contribution >= 4 is 33.2 Å². The predicted molar refractivity (Wildman–Crippen MR) is 88.7 cm³/mol. The van der Waals surface area contributed by atoms with Gasteiger partial charge in [-0.25, -0.2) is 12.7 Å². The fraction of sp³-hybridized carbons (Fsp3) is 0.533. The highest BCUT2D eigenvalue weighted by atomic mass is 35.5. The molecule has 5 nitrogen and oxygen atoms in total. The van der Waals surface area contributed by atoms with Crippen molar-refractivity contribution in [3.63, 3.8) is 0 Å². The fourth-order valence-corrected chi connectivity index (χ4v) is 4.04. The number of rotatable bonds is 3. The number of nitrogens with zero attached hydrogens (tertiary/aromatic N) is 1. The van der Waals surface area contributed by atoms with Gasteiger partial charge in [-0.05, 0) is 43.9 Å². The molecule has 1 atom stereocenters. The van der Waals surface area contributed by atoms with Gasteiger partial charge in [-0.1, -0.05) is 17.7 Å². The Hall–Kier alpha value is -1.11. The Labute approximate surface area is 136 Å². The first-order valence-electron chi connectivity index (χ1n) is 7.21. The van der Waals surface area contributed by atoms with Crippen molar-refractivity contribution in [1.82, 2.24) is 4.31 Å². The molecule has 0 radical (unpaired) electrons. The zero-order valence-corrected chi connectivity index (χ0v) is 14.6. The number of halogens is 1. The monoisotopic (exact) mass is 344 g/mol. The maximum atomic E-state index is 12.4. The van der Waals surface area contributed by atoms with E-state index in [4.69, 9.17) is 11.6 Å². The van der Waals surface area contributed by atoms with E-state index in [1.165, 1.54) is 10.6 Å². The maximum absolute atomic E-state index is 12.4. The summed E-state index contributed by atoms with van der Waals surface area (Å²) >= 11 is 6.20. The zero-order valence-electron chi connectivity index (χ0n) is 13.0. The Morgan fingerprint density at radius 2 is 2.05 bits per heavy atom.